The van der Waals surface area contributed by atoms with E-state index in [9.17, 15) is 4.79 Å². The number of hydrogen-bond donors (Lipinski definition) is 2. The zero-order valence-electron chi connectivity index (χ0n) is 12.9. The number of anilines is 1. The van der Waals surface area contributed by atoms with Crippen LogP contribution in [0.3, 0.4) is 0 Å². The first-order valence-corrected chi connectivity index (χ1v) is 7.34. The lowest BCUT2D eigenvalue weighted by molar-refractivity contribution is -0.114. The fourth-order valence-electron chi connectivity index (χ4n) is 2.40. The topological polar surface area (TPSA) is 75.1 Å². The van der Waals surface area contributed by atoms with Crippen molar-refractivity contribution >= 4 is 17.2 Å². The quantitative estimate of drug-likeness (QED) is 0.777. The van der Waals surface area contributed by atoms with Gasteiger partial charge in [0.1, 0.15) is 0 Å². The molecular weight excluding hydrogens is 278 g/mol. The van der Waals surface area contributed by atoms with Gasteiger partial charge in [0.15, 0.2) is 11.5 Å². The standard InChI is InChI=1S/C16H19N5O/c1-10(2)8-14-9-15-18-16(20-21(15)19-14)12-4-6-13(7-5-12)17-11(3)22/h4-7,9-10,19H,8H2,1-3H3,(H,17,22). The Bertz CT molecular complexity index is 766. The molecule has 3 rings (SSSR count). The zero-order chi connectivity index (χ0) is 15.7. The van der Waals surface area contributed by atoms with Crippen molar-refractivity contribution in [3.8, 4) is 11.4 Å². The highest BCUT2D eigenvalue weighted by molar-refractivity contribution is 5.88. The second-order valence-electron chi connectivity index (χ2n) is 5.84. The van der Waals surface area contributed by atoms with Crippen molar-refractivity contribution in [3.05, 3.63) is 36.0 Å². The first-order chi connectivity index (χ1) is 10.5. The van der Waals surface area contributed by atoms with Crippen LogP contribution in [0.1, 0.15) is 26.5 Å². The average Bonchev–Trinajstić information content (AvgIpc) is 2.96. The molecule has 2 heterocycles. The minimum atomic E-state index is -0.0844. The van der Waals surface area contributed by atoms with Crippen molar-refractivity contribution in [2.75, 3.05) is 5.32 Å². The summed E-state index contributed by atoms with van der Waals surface area (Å²) in [6.07, 6.45) is 0.978. The molecule has 0 unspecified atom stereocenters. The van der Waals surface area contributed by atoms with Crippen LogP contribution in [0.15, 0.2) is 30.3 Å². The number of aromatic amines is 1. The molecule has 2 aromatic heterocycles. The van der Waals surface area contributed by atoms with Gasteiger partial charge in [0.2, 0.25) is 5.91 Å². The third-order valence-corrected chi connectivity index (χ3v) is 3.28. The summed E-state index contributed by atoms with van der Waals surface area (Å²) in [6, 6.07) is 9.51. The largest absolute Gasteiger partial charge is 0.326 e. The number of nitrogens with zero attached hydrogens (tertiary/aromatic N) is 3. The van der Waals surface area contributed by atoms with Crippen molar-refractivity contribution in [1.82, 2.24) is 19.8 Å². The predicted molar refractivity (Wildman–Crippen MR) is 85.6 cm³/mol. The summed E-state index contributed by atoms with van der Waals surface area (Å²) < 4.78 is 1.70. The Morgan fingerprint density at radius 3 is 2.64 bits per heavy atom. The summed E-state index contributed by atoms with van der Waals surface area (Å²) in [7, 11) is 0. The number of amides is 1. The Kier molecular flexibility index (Phi) is 3.66. The van der Waals surface area contributed by atoms with Crippen molar-refractivity contribution < 1.29 is 4.79 Å². The average molecular weight is 297 g/mol. The third kappa shape index (κ3) is 3.00. The van der Waals surface area contributed by atoms with Crippen LogP contribution in [0.2, 0.25) is 0 Å². The molecule has 3 aromatic rings. The number of fused-ring (bicyclic) bond motifs is 1. The molecular formula is C16H19N5O. The maximum atomic E-state index is 11.0. The lowest BCUT2D eigenvalue weighted by Crippen LogP contribution is -2.05. The summed E-state index contributed by atoms with van der Waals surface area (Å²) in [6.45, 7) is 5.85. The molecule has 0 bridgehead atoms. The van der Waals surface area contributed by atoms with Gasteiger partial charge >= 0.3 is 0 Å². The first kappa shape index (κ1) is 14.3. The predicted octanol–water partition coefficient (Wildman–Crippen LogP) is 2.88. The Balaban J connectivity index is 1.83. The summed E-state index contributed by atoms with van der Waals surface area (Å²) >= 11 is 0. The Morgan fingerprint density at radius 2 is 2.05 bits per heavy atom. The van der Waals surface area contributed by atoms with Crippen molar-refractivity contribution in [1.29, 1.82) is 0 Å². The second kappa shape index (κ2) is 5.63. The van der Waals surface area contributed by atoms with E-state index in [0.29, 0.717) is 11.7 Å². The highest BCUT2D eigenvalue weighted by atomic mass is 16.1. The number of H-pyrrole nitrogens is 1. The van der Waals surface area contributed by atoms with Gasteiger partial charge in [0, 0.05) is 29.9 Å². The number of nitrogens with one attached hydrogen (secondary N) is 2. The molecule has 22 heavy (non-hydrogen) atoms. The maximum Gasteiger partial charge on any atom is 0.221 e. The Labute approximate surface area is 128 Å². The highest BCUT2D eigenvalue weighted by Gasteiger charge is 2.10. The summed E-state index contributed by atoms with van der Waals surface area (Å²) in [4.78, 5) is 15.6. The molecule has 0 fully saturated rings. The minimum Gasteiger partial charge on any atom is -0.326 e. The number of aromatic nitrogens is 4. The van der Waals surface area contributed by atoms with E-state index in [2.05, 4.69) is 34.3 Å². The number of benzene rings is 1. The SMILES string of the molecule is CC(=O)Nc1ccc(-c2nc3cc(CC(C)C)[nH]n3n2)cc1. The van der Waals surface area contributed by atoms with Gasteiger partial charge in [-0.25, -0.2) is 4.98 Å². The molecule has 0 saturated carbocycles. The molecule has 6 heteroatoms. The molecule has 0 radical (unpaired) electrons. The molecule has 0 saturated heterocycles. The van der Waals surface area contributed by atoms with Crippen LogP contribution in [0.4, 0.5) is 5.69 Å². The molecule has 1 amide bonds. The third-order valence-electron chi connectivity index (χ3n) is 3.28. The highest BCUT2D eigenvalue weighted by Crippen LogP contribution is 2.19. The number of carbonyl (C=O) groups is 1. The maximum absolute atomic E-state index is 11.0. The van der Waals surface area contributed by atoms with Crippen molar-refractivity contribution in [2.24, 2.45) is 5.92 Å². The molecule has 2 N–H and O–H groups in total. The molecule has 0 aliphatic heterocycles. The van der Waals surface area contributed by atoms with Crippen LogP contribution >= 0.6 is 0 Å². The monoisotopic (exact) mass is 297 g/mol. The van der Waals surface area contributed by atoms with Gasteiger partial charge in [0.05, 0.1) is 0 Å². The van der Waals surface area contributed by atoms with Crippen LogP contribution in [0.5, 0.6) is 0 Å². The lowest BCUT2D eigenvalue weighted by atomic mass is 10.1. The van der Waals surface area contributed by atoms with Crippen molar-refractivity contribution in [2.45, 2.75) is 27.2 Å². The fraction of sp³-hybridized carbons (Fsp3) is 0.312. The molecule has 0 aliphatic rings. The molecule has 0 atom stereocenters. The van der Waals surface area contributed by atoms with E-state index in [0.717, 1.165) is 29.0 Å². The Morgan fingerprint density at radius 1 is 1.32 bits per heavy atom. The van der Waals surface area contributed by atoms with E-state index in [4.69, 9.17) is 0 Å². The molecule has 6 nitrogen and oxygen atoms in total. The number of rotatable bonds is 4. The van der Waals surface area contributed by atoms with Crippen LogP contribution in [-0.2, 0) is 11.2 Å². The van der Waals surface area contributed by atoms with Gasteiger partial charge < -0.3 is 5.32 Å². The van der Waals surface area contributed by atoms with E-state index in [1.807, 2.05) is 30.3 Å². The smallest absolute Gasteiger partial charge is 0.221 e. The van der Waals surface area contributed by atoms with Gasteiger partial charge in [-0.1, -0.05) is 13.8 Å². The summed E-state index contributed by atoms with van der Waals surface area (Å²) in [5, 5.41) is 10.4. The first-order valence-electron chi connectivity index (χ1n) is 7.34. The van der Waals surface area contributed by atoms with Gasteiger partial charge in [-0.15, -0.1) is 5.10 Å². The summed E-state index contributed by atoms with van der Waals surface area (Å²) in [5.41, 5.74) is 3.63. The molecule has 0 spiro atoms. The Hall–Kier alpha value is -2.63. The van der Waals surface area contributed by atoms with Gasteiger partial charge in [-0.2, -0.15) is 4.63 Å². The minimum absolute atomic E-state index is 0.0844. The summed E-state index contributed by atoms with van der Waals surface area (Å²) in [5.74, 6) is 1.17. The number of hydrogen-bond acceptors (Lipinski definition) is 3. The van der Waals surface area contributed by atoms with Gasteiger partial charge in [0.25, 0.3) is 0 Å². The van der Waals surface area contributed by atoms with Crippen LogP contribution in [0.25, 0.3) is 17.0 Å². The van der Waals surface area contributed by atoms with E-state index in [1.54, 1.807) is 4.63 Å². The van der Waals surface area contributed by atoms with Crippen LogP contribution in [0, 0.1) is 5.92 Å². The van der Waals surface area contributed by atoms with E-state index in [1.165, 1.54) is 6.92 Å². The van der Waals surface area contributed by atoms with Crippen LogP contribution < -0.4 is 5.32 Å². The second-order valence-corrected chi connectivity index (χ2v) is 5.84. The zero-order valence-corrected chi connectivity index (χ0v) is 12.9. The fourth-order valence-corrected chi connectivity index (χ4v) is 2.40. The van der Waals surface area contributed by atoms with Gasteiger partial charge in [-0.3, -0.25) is 9.89 Å². The van der Waals surface area contributed by atoms with Crippen LogP contribution in [-0.4, -0.2) is 25.7 Å². The van der Waals surface area contributed by atoms with Crippen molar-refractivity contribution in [3.63, 3.8) is 0 Å². The van der Waals surface area contributed by atoms with E-state index in [-0.39, 0.29) is 5.91 Å². The molecule has 1 aromatic carbocycles. The number of carbonyl (C=O) groups excluding carboxylic acids is 1. The normalized spacial score (nSPS) is 11.3. The van der Waals surface area contributed by atoms with Gasteiger partial charge in [-0.05, 0) is 36.6 Å². The van der Waals surface area contributed by atoms with E-state index < -0.39 is 0 Å². The molecule has 0 aliphatic carbocycles. The lowest BCUT2D eigenvalue weighted by Gasteiger charge is -2.02. The molecule has 114 valence electrons. The van der Waals surface area contributed by atoms with E-state index >= 15 is 0 Å².